The van der Waals surface area contributed by atoms with Crippen molar-refractivity contribution in [1.29, 1.82) is 0 Å². The topological polar surface area (TPSA) is 32.3 Å². The van der Waals surface area contributed by atoms with Crippen LogP contribution in [0.5, 0.6) is 0 Å². The summed E-state index contributed by atoms with van der Waals surface area (Å²) in [4.78, 5) is 14.0. The molecule has 0 bridgehead atoms. The Bertz CT molecular complexity index is 449. The smallest absolute Gasteiger partial charge is 0.253 e. The van der Waals surface area contributed by atoms with Gasteiger partial charge in [0, 0.05) is 24.6 Å². The van der Waals surface area contributed by atoms with Crippen LogP contribution in [0.15, 0.2) is 24.3 Å². The van der Waals surface area contributed by atoms with E-state index in [-0.39, 0.29) is 11.3 Å². The molecule has 2 aliphatic rings. The molecule has 0 radical (unpaired) electrons. The molecule has 3 nitrogen and oxygen atoms in total. The molecular weight excluding hydrogens is 212 g/mol. The molecule has 0 atom stereocenters. The van der Waals surface area contributed by atoms with E-state index in [1.807, 2.05) is 24.1 Å². The van der Waals surface area contributed by atoms with Gasteiger partial charge in [0.15, 0.2) is 0 Å². The van der Waals surface area contributed by atoms with Crippen LogP contribution in [0.25, 0.3) is 0 Å². The SMILES string of the molecule is CN1CC2(CCNCC2)c2ccccc2C1=O. The predicted molar refractivity (Wildman–Crippen MR) is 67.2 cm³/mol. The number of fused-ring (bicyclic) bond motifs is 2. The van der Waals surface area contributed by atoms with Crippen molar-refractivity contribution in [2.45, 2.75) is 18.3 Å². The summed E-state index contributed by atoms with van der Waals surface area (Å²) in [5.41, 5.74) is 2.36. The summed E-state index contributed by atoms with van der Waals surface area (Å²) in [5.74, 6) is 0.171. The third kappa shape index (κ3) is 1.57. The van der Waals surface area contributed by atoms with Gasteiger partial charge in [0.1, 0.15) is 0 Å². The van der Waals surface area contributed by atoms with Crippen LogP contribution in [-0.4, -0.2) is 37.5 Å². The number of benzene rings is 1. The predicted octanol–water partition coefficient (Wildman–Crippen LogP) is 1.39. The fourth-order valence-corrected chi connectivity index (χ4v) is 3.28. The summed E-state index contributed by atoms with van der Waals surface area (Å²) in [5, 5.41) is 3.41. The highest BCUT2D eigenvalue weighted by Crippen LogP contribution is 2.39. The maximum absolute atomic E-state index is 12.2. The summed E-state index contributed by atoms with van der Waals surface area (Å²) in [6.07, 6.45) is 2.25. The van der Waals surface area contributed by atoms with E-state index >= 15 is 0 Å². The van der Waals surface area contributed by atoms with Crippen LogP contribution in [-0.2, 0) is 5.41 Å². The van der Waals surface area contributed by atoms with Crippen molar-refractivity contribution in [3.63, 3.8) is 0 Å². The fourth-order valence-electron chi connectivity index (χ4n) is 3.28. The normalized spacial score (nSPS) is 22.6. The first-order valence-electron chi connectivity index (χ1n) is 6.29. The van der Waals surface area contributed by atoms with Crippen LogP contribution in [0.3, 0.4) is 0 Å². The Morgan fingerprint density at radius 3 is 2.71 bits per heavy atom. The lowest BCUT2D eigenvalue weighted by molar-refractivity contribution is 0.0698. The zero-order valence-corrected chi connectivity index (χ0v) is 10.2. The molecule has 1 fully saturated rings. The lowest BCUT2D eigenvalue weighted by Gasteiger charge is -2.45. The number of hydrogen-bond donors (Lipinski definition) is 1. The Hall–Kier alpha value is -1.35. The van der Waals surface area contributed by atoms with Crippen LogP contribution < -0.4 is 5.32 Å². The molecule has 1 N–H and O–H groups in total. The second kappa shape index (κ2) is 3.84. The summed E-state index contributed by atoms with van der Waals surface area (Å²) in [6.45, 7) is 2.97. The summed E-state index contributed by atoms with van der Waals surface area (Å²) >= 11 is 0. The number of carbonyl (C=O) groups is 1. The molecular formula is C14H18N2O. The van der Waals surface area contributed by atoms with E-state index < -0.39 is 0 Å². The highest BCUT2D eigenvalue weighted by molar-refractivity contribution is 5.97. The molecule has 90 valence electrons. The van der Waals surface area contributed by atoms with Crippen molar-refractivity contribution in [3.8, 4) is 0 Å². The van der Waals surface area contributed by atoms with Gasteiger partial charge in [-0.15, -0.1) is 0 Å². The van der Waals surface area contributed by atoms with Gasteiger partial charge in [0.25, 0.3) is 5.91 Å². The summed E-state index contributed by atoms with van der Waals surface area (Å²) < 4.78 is 0. The van der Waals surface area contributed by atoms with Gasteiger partial charge in [0.2, 0.25) is 0 Å². The zero-order chi connectivity index (χ0) is 11.9. The van der Waals surface area contributed by atoms with E-state index in [1.165, 1.54) is 5.56 Å². The first kappa shape index (κ1) is 10.8. The van der Waals surface area contributed by atoms with Gasteiger partial charge < -0.3 is 10.2 Å². The van der Waals surface area contributed by atoms with Crippen molar-refractivity contribution in [3.05, 3.63) is 35.4 Å². The van der Waals surface area contributed by atoms with E-state index in [0.717, 1.165) is 38.0 Å². The van der Waals surface area contributed by atoms with Crippen molar-refractivity contribution in [2.75, 3.05) is 26.7 Å². The van der Waals surface area contributed by atoms with Gasteiger partial charge in [-0.25, -0.2) is 0 Å². The van der Waals surface area contributed by atoms with Crippen molar-refractivity contribution in [1.82, 2.24) is 10.2 Å². The molecule has 0 unspecified atom stereocenters. The third-order valence-electron chi connectivity index (χ3n) is 4.18. The Kier molecular flexibility index (Phi) is 2.44. The average Bonchev–Trinajstić information content (AvgIpc) is 2.38. The Balaban J connectivity index is 2.12. The number of rotatable bonds is 0. The molecule has 3 heteroatoms. The van der Waals surface area contributed by atoms with E-state index in [1.54, 1.807) is 0 Å². The average molecular weight is 230 g/mol. The molecule has 2 heterocycles. The molecule has 0 aromatic heterocycles. The second-order valence-electron chi connectivity index (χ2n) is 5.24. The molecule has 0 aliphatic carbocycles. The van der Waals surface area contributed by atoms with Gasteiger partial charge in [-0.3, -0.25) is 4.79 Å². The van der Waals surface area contributed by atoms with Gasteiger partial charge in [-0.1, -0.05) is 18.2 Å². The fraction of sp³-hybridized carbons (Fsp3) is 0.500. The second-order valence-corrected chi connectivity index (χ2v) is 5.24. The first-order valence-corrected chi connectivity index (χ1v) is 6.29. The maximum atomic E-state index is 12.2. The Morgan fingerprint density at radius 2 is 1.94 bits per heavy atom. The Labute approximate surface area is 102 Å². The molecule has 3 rings (SSSR count). The highest BCUT2D eigenvalue weighted by atomic mass is 16.2. The molecule has 1 saturated heterocycles. The molecule has 1 aromatic rings. The summed E-state index contributed by atoms with van der Waals surface area (Å²) in [6, 6.07) is 8.13. The molecule has 2 aliphatic heterocycles. The maximum Gasteiger partial charge on any atom is 0.253 e. The zero-order valence-electron chi connectivity index (χ0n) is 10.2. The number of amides is 1. The number of likely N-dealkylation sites (N-methyl/N-ethyl adjacent to an activating group) is 1. The minimum absolute atomic E-state index is 0.171. The quantitative estimate of drug-likeness (QED) is 0.730. The standard InChI is InChI=1S/C14H18N2O/c1-16-10-14(6-8-15-9-7-14)12-5-3-2-4-11(12)13(16)17/h2-5,15H,6-10H2,1H3. The lowest BCUT2D eigenvalue weighted by atomic mass is 9.69. The van der Waals surface area contributed by atoms with Gasteiger partial charge in [-0.2, -0.15) is 0 Å². The van der Waals surface area contributed by atoms with E-state index in [4.69, 9.17) is 0 Å². The molecule has 1 spiro atoms. The minimum Gasteiger partial charge on any atom is -0.341 e. The molecule has 1 amide bonds. The highest BCUT2D eigenvalue weighted by Gasteiger charge is 2.42. The largest absolute Gasteiger partial charge is 0.341 e. The molecule has 1 aromatic carbocycles. The van der Waals surface area contributed by atoms with Gasteiger partial charge in [-0.05, 0) is 37.6 Å². The van der Waals surface area contributed by atoms with Crippen LogP contribution >= 0.6 is 0 Å². The van der Waals surface area contributed by atoms with Crippen molar-refractivity contribution < 1.29 is 4.79 Å². The van der Waals surface area contributed by atoms with Crippen LogP contribution in [0.1, 0.15) is 28.8 Å². The monoisotopic (exact) mass is 230 g/mol. The van der Waals surface area contributed by atoms with E-state index in [2.05, 4.69) is 17.4 Å². The van der Waals surface area contributed by atoms with Crippen molar-refractivity contribution in [2.24, 2.45) is 0 Å². The van der Waals surface area contributed by atoms with Crippen LogP contribution in [0.2, 0.25) is 0 Å². The van der Waals surface area contributed by atoms with Gasteiger partial charge in [0.05, 0.1) is 0 Å². The molecule has 0 saturated carbocycles. The minimum atomic E-state index is 0.171. The van der Waals surface area contributed by atoms with Crippen LogP contribution in [0, 0.1) is 0 Å². The van der Waals surface area contributed by atoms with Gasteiger partial charge >= 0.3 is 0 Å². The number of piperidine rings is 1. The van der Waals surface area contributed by atoms with Crippen LogP contribution in [0.4, 0.5) is 0 Å². The number of carbonyl (C=O) groups excluding carboxylic acids is 1. The number of hydrogen-bond acceptors (Lipinski definition) is 2. The third-order valence-corrected chi connectivity index (χ3v) is 4.18. The Morgan fingerprint density at radius 1 is 1.24 bits per heavy atom. The number of nitrogens with one attached hydrogen (secondary N) is 1. The summed E-state index contributed by atoms with van der Waals surface area (Å²) in [7, 11) is 1.92. The number of nitrogens with zero attached hydrogens (tertiary/aromatic N) is 1. The lowest BCUT2D eigenvalue weighted by Crippen LogP contribution is -2.52. The first-order chi connectivity index (χ1) is 8.23. The van der Waals surface area contributed by atoms with Crippen molar-refractivity contribution >= 4 is 5.91 Å². The molecule has 17 heavy (non-hydrogen) atoms. The van der Waals surface area contributed by atoms with E-state index in [9.17, 15) is 4.79 Å². The van der Waals surface area contributed by atoms with E-state index in [0.29, 0.717) is 0 Å².